The van der Waals surface area contributed by atoms with E-state index in [9.17, 15) is 0 Å². The molecule has 18 heavy (non-hydrogen) atoms. The molecule has 2 fully saturated rings. The molecule has 1 unspecified atom stereocenters. The van der Waals surface area contributed by atoms with Crippen LogP contribution in [0.25, 0.3) is 0 Å². The molecule has 0 aliphatic heterocycles. The fraction of sp³-hybridized carbons (Fsp3) is 1.00. The van der Waals surface area contributed by atoms with E-state index in [1.807, 2.05) is 7.11 Å². The van der Waals surface area contributed by atoms with Crippen LogP contribution in [-0.2, 0) is 4.74 Å². The molecule has 0 radical (unpaired) electrons. The van der Waals surface area contributed by atoms with Gasteiger partial charge in [-0.1, -0.05) is 33.1 Å². The molecule has 0 aromatic heterocycles. The Hall–Kier alpha value is -0.0800. The molecule has 2 heteroatoms. The number of nitrogens with one attached hydrogen (secondary N) is 1. The Morgan fingerprint density at radius 3 is 2.17 bits per heavy atom. The van der Waals surface area contributed by atoms with Crippen LogP contribution in [0, 0.1) is 11.3 Å². The number of likely N-dealkylation sites (N-methyl/N-ethyl adjacent to an activating group) is 1. The topological polar surface area (TPSA) is 21.3 Å². The van der Waals surface area contributed by atoms with Crippen molar-refractivity contribution < 1.29 is 4.74 Å². The van der Waals surface area contributed by atoms with Crippen molar-refractivity contribution in [2.45, 2.75) is 76.9 Å². The summed E-state index contributed by atoms with van der Waals surface area (Å²) in [5, 5.41) is 3.56. The first-order chi connectivity index (χ1) is 8.51. The second kappa shape index (κ2) is 5.50. The summed E-state index contributed by atoms with van der Waals surface area (Å²) in [6.07, 6.45) is 10.6. The molecule has 2 aliphatic rings. The van der Waals surface area contributed by atoms with Crippen molar-refractivity contribution in [2.24, 2.45) is 11.3 Å². The highest BCUT2D eigenvalue weighted by Crippen LogP contribution is 2.45. The highest BCUT2D eigenvalue weighted by Gasteiger charge is 2.44. The van der Waals surface area contributed by atoms with Gasteiger partial charge in [0.25, 0.3) is 0 Å². The van der Waals surface area contributed by atoms with Gasteiger partial charge >= 0.3 is 0 Å². The summed E-state index contributed by atoms with van der Waals surface area (Å²) in [5.41, 5.74) is 0.608. The number of ether oxygens (including phenoxy) is 1. The van der Waals surface area contributed by atoms with Gasteiger partial charge in [-0.3, -0.25) is 0 Å². The van der Waals surface area contributed by atoms with Crippen LogP contribution in [0.5, 0.6) is 0 Å². The quantitative estimate of drug-likeness (QED) is 0.805. The first-order valence-electron chi connectivity index (χ1n) is 7.74. The second-order valence-corrected chi connectivity index (χ2v) is 7.31. The summed E-state index contributed by atoms with van der Waals surface area (Å²) in [6, 6.07) is 0.545. The highest BCUT2D eigenvalue weighted by atomic mass is 16.5. The van der Waals surface area contributed by atoms with Crippen molar-refractivity contribution in [3.05, 3.63) is 0 Å². The van der Waals surface area contributed by atoms with Gasteiger partial charge < -0.3 is 10.1 Å². The zero-order valence-electron chi connectivity index (χ0n) is 12.7. The number of rotatable bonds is 5. The molecule has 2 rings (SSSR count). The summed E-state index contributed by atoms with van der Waals surface area (Å²) < 4.78 is 6.03. The van der Waals surface area contributed by atoms with Crippen LogP contribution >= 0.6 is 0 Å². The minimum Gasteiger partial charge on any atom is -0.377 e. The van der Waals surface area contributed by atoms with Crippen molar-refractivity contribution >= 4 is 0 Å². The van der Waals surface area contributed by atoms with Crippen LogP contribution < -0.4 is 5.32 Å². The lowest BCUT2D eigenvalue weighted by atomic mass is 9.66. The van der Waals surface area contributed by atoms with Crippen molar-refractivity contribution in [1.82, 2.24) is 5.32 Å². The third kappa shape index (κ3) is 2.91. The Bertz CT molecular complexity index is 260. The first-order valence-corrected chi connectivity index (χ1v) is 7.74. The van der Waals surface area contributed by atoms with Crippen LogP contribution in [-0.4, -0.2) is 25.8 Å². The maximum Gasteiger partial charge on any atom is 0.0831 e. The maximum atomic E-state index is 6.03. The van der Waals surface area contributed by atoms with E-state index >= 15 is 0 Å². The van der Waals surface area contributed by atoms with E-state index in [1.54, 1.807) is 0 Å². The van der Waals surface area contributed by atoms with Gasteiger partial charge in [0.1, 0.15) is 0 Å². The molecular formula is C16H31NO. The number of hydrogen-bond donors (Lipinski definition) is 1. The predicted octanol–water partition coefficient (Wildman–Crippen LogP) is 3.75. The van der Waals surface area contributed by atoms with Crippen LogP contribution in [0.3, 0.4) is 0 Å². The second-order valence-electron chi connectivity index (χ2n) is 7.31. The maximum absolute atomic E-state index is 6.03. The molecule has 2 saturated carbocycles. The third-order valence-corrected chi connectivity index (χ3v) is 5.63. The molecule has 1 atom stereocenters. The Labute approximate surface area is 113 Å². The zero-order chi connectivity index (χ0) is 13.2. The van der Waals surface area contributed by atoms with Gasteiger partial charge in [0.2, 0.25) is 0 Å². The molecule has 106 valence electrons. The predicted molar refractivity (Wildman–Crippen MR) is 76.8 cm³/mol. The lowest BCUT2D eigenvalue weighted by Crippen LogP contribution is -2.54. The van der Waals surface area contributed by atoms with Gasteiger partial charge in [-0.15, -0.1) is 0 Å². The lowest BCUT2D eigenvalue weighted by molar-refractivity contribution is -0.0910. The lowest BCUT2D eigenvalue weighted by Gasteiger charge is -2.48. The van der Waals surface area contributed by atoms with E-state index in [2.05, 4.69) is 26.2 Å². The molecule has 0 aromatic rings. The Morgan fingerprint density at radius 2 is 1.78 bits per heavy atom. The Kier molecular flexibility index (Phi) is 4.38. The third-order valence-electron chi connectivity index (χ3n) is 5.63. The fourth-order valence-corrected chi connectivity index (χ4v) is 3.70. The molecule has 0 amide bonds. The molecule has 0 heterocycles. The van der Waals surface area contributed by atoms with Gasteiger partial charge in [0.15, 0.2) is 0 Å². The minimum atomic E-state index is 0.0971. The molecule has 0 spiro atoms. The van der Waals surface area contributed by atoms with E-state index < -0.39 is 0 Å². The largest absolute Gasteiger partial charge is 0.377 e. The van der Waals surface area contributed by atoms with Crippen molar-refractivity contribution in [3.63, 3.8) is 0 Å². The summed E-state index contributed by atoms with van der Waals surface area (Å²) in [7, 11) is 4.04. The van der Waals surface area contributed by atoms with Crippen LogP contribution in [0.15, 0.2) is 0 Å². The summed E-state index contributed by atoms with van der Waals surface area (Å²) in [4.78, 5) is 0. The molecule has 0 bridgehead atoms. The summed E-state index contributed by atoms with van der Waals surface area (Å²) in [5.74, 6) is 0.949. The summed E-state index contributed by atoms with van der Waals surface area (Å²) >= 11 is 0. The monoisotopic (exact) mass is 253 g/mol. The SMILES string of the molecule is CNC(CC1CCC1)C1(OC)CCC(C)(C)CC1. The van der Waals surface area contributed by atoms with E-state index in [0.29, 0.717) is 11.5 Å². The van der Waals surface area contributed by atoms with Gasteiger partial charge in [-0.2, -0.15) is 0 Å². The minimum absolute atomic E-state index is 0.0971. The Morgan fingerprint density at radius 1 is 1.17 bits per heavy atom. The number of hydrogen-bond acceptors (Lipinski definition) is 2. The van der Waals surface area contributed by atoms with Crippen LogP contribution in [0.1, 0.15) is 65.2 Å². The van der Waals surface area contributed by atoms with E-state index in [0.717, 1.165) is 5.92 Å². The van der Waals surface area contributed by atoms with Crippen LogP contribution in [0.2, 0.25) is 0 Å². The first kappa shape index (κ1) is 14.3. The smallest absolute Gasteiger partial charge is 0.0831 e. The van der Waals surface area contributed by atoms with Crippen molar-refractivity contribution in [3.8, 4) is 0 Å². The summed E-state index contributed by atoms with van der Waals surface area (Å²) in [6.45, 7) is 4.79. The standard InChI is InChI=1S/C16H31NO/c1-15(2)8-10-16(18-4,11-9-15)14(17-3)12-13-6-5-7-13/h13-14,17H,5-12H2,1-4H3. The molecular weight excluding hydrogens is 222 g/mol. The molecule has 2 aliphatic carbocycles. The van der Waals surface area contributed by atoms with Gasteiger partial charge in [-0.05, 0) is 50.5 Å². The van der Waals surface area contributed by atoms with Gasteiger partial charge in [0.05, 0.1) is 5.60 Å². The van der Waals surface area contributed by atoms with Crippen LogP contribution in [0.4, 0.5) is 0 Å². The molecule has 0 saturated heterocycles. The molecule has 2 nitrogen and oxygen atoms in total. The zero-order valence-corrected chi connectivity index (χ0v) is 12.7. The van der Waals surface area contributed by atoms with Gasteiger partial charge in [-0.25, -0.2) is 0 Å². The average molecular weight is 253 g/mol. The van der Waals surface area contributed by atoms with Crippen molar-refractivity contribution in [2.75, 3.05) is 14.2 Å². The van der Waals surface area contributed by atoms with E-state index in [1.165, 1.54) is 51.4 Å². The molecule has 1 N–H and O–H groups in total. The van der Waals surface area contributed by atoms with E-state index in [4.69, 9.17) is 4.74 Å². The fourth-order valence-electron chi connectivity index (χ4n) is 3.70. The molecule has 0 aromatic carbocycles. The van der Waals surface area contributed by atoms with Crippen molar-refractivity contribution in [1.29, 1.82) is 0 Å². The van der Waals surface area contributed by atoms with E-state index in [-0.39, 0.29) is 5.60 Å². The Balaban J connectivity index is 2.00. The average Bonchev–Trinajstić information content (AvgIpc) is 2.30. The number of methoxy groups -OCH3 is 1. The highest BCUT2D eigenvalue weighted by molar-refractivity contribution is 4.99. The normalized spacial score (nSPS) is 28.7. The van der Waals surface area contributed by atoms with Gasteiger partial charge in [0, 0.05) is 13.2 Å².